The Balaban J connectivity index is 2.19. The van der Waals surface area contributed by atoms with Gasteiger partial charge in [0, 0.05) is 25.9 Å². The van der Waals surface area contributed by atoms with Crippen LogP contribution in [0.15, 0.2) is 55.1 Å². The van der Waals surface area contributed by atoms with Crippen LogP contribution in [0.5, 0.6) is 0 Å². The molecule has 0 aromatic heterocycles. The molecular weight excluding hydrogens is 310 g/mol. The van der Waals surface area contributed by atoms with Crippen LogP contribution >= 0.6 is 0 Å². The van der Waals surface area contributed by atoms with E-state index in [9.17, 15) is 0 Å². The van der Waals surface area contributed by atoms with Gasteiger partial charge >= 0.3 is 0 Å². The number of anilines is 1. The van der Waals surface area contributed by atoms with E-state index in [-0.39, 0.29) is 6.10 Å². The van der Waals surface area contributed by atoms with E-state index in [0.717, 1.165) is 16.7 Å². The molecule has 24 heavy (non-hydrogen) atoms. The summed E-state index contributed by atoms with van der Waals surface area (Å²) in [7, 11) is 2.26. The molecule has 0 unspecified atom stereocenters. The van der Waals surface area contributed by atoms with Gasteiger partial charge in [-0.3, -0.25) is 0 Å². The number of nitrogens with zero attached hydrogens (tertiary/aromatic N) is 1. The van der Waals surface area contributed by atoms with E-state index in [1.165, 1.54) is 10.9 Å². The molecular formula is C21H29NOSi. The maximum atomic E-state index is 6.16. The Labute approximate surface area is 147 Å². The molecule has 0 saturated carbocycles. The van der Waals surface area contributed by atoms with Gasteiger partial charge in [-0.05, 0) is 61.0 Å². The summed E-state index contributed by atoms with van der Waals surface area (Å²) in [6.07, 6.45) is 0.261. The molecule has 0 aliphatic rings. The zero-order chi connectivity index (χ0) is 17.9. The summed E-state index contributed by atoms with van der Waals surface area (Å²) in [5.74, 6) is 0. The monoisotopic (exact) mass is 339 g/mol. The summed E-state index contributed by atoms with van der Waals surface area (Å²) in [6, 6.07) is 17.2. The van der Waals surface area contributed by atoms with Crippen molar-refractivity contribution in [2.75, 3.05) is 19.0 Å². The first-order chi connectivity index (χ1) is 11.2. The van der Waals surface area contributed by atoms with E-state index in [1.54, 1.807) is 0 Å². The molecule has 0 amide bonds. The van der Waals surface area contributed by atoms with Crippen molar-refractivity contribution in [2.24, 2.45) is 0 Å². The molecule has 0 atom stereocenters. The second-order valence-corrected chi connectivity index (χ2v) is 11.0. The summed E-state index contributed by atoms with van der Waals surface area (Å²) < 4.78 is 6.16. The SMILES string of the molecule is C=C(c1ccc(N(C)C)cc1)c1ccc([Si](C)(C)OC(C)C)cc1. The number of hydrogen-bond donors (Lipinski definition) is 0. The van der Waals surface area contributed by atoms with E-state index in [1.807, 2.05) is 14.1 Å². The van der Waals surface area contributed by atoms with Crippen LogP contribution in [0.4, 0.5) is 5.69 Å². The zero-order valence-corrected chi connectivity index (χ0v) is 16.8. The lowest BCUT2D eigenvalue weighted by molar-refractivity contribution is 0.238. The van der Waals surface area contributed by atoms with E-state index in [2.05, 4.69) is 87.0 Å². The molecule has 3 heteroatoms. The van der Waals surface area contributed by atoms with Crippen LogP contribution in [-0.2, 0) is 4.43 Å². The average Bonchev–Trinajstić information content (AvgIpc) is 2.53. The number of hydrogen-bond acceptors (Lipinski definition) is 2. The fourth-order valence-electron chi connectivity index (χ4n) is 2.86. The molecule has 2 rings (SSSR count). The number of benzene rings is 2. The van der Waals surface area contributed by atoms with Crippen molar-refractivity contribution >= 4 is 24.8 Å². The van der Waals surface area contributed by atoms with Crippen LogP contribution in [0.25, 0.3) is 5.57 Å². The molecule has 0 spiro atoms. The minimum atomic E-state index is -1.83. The summed E-state index contributed by atoms with van der Waals surface area (Å²) in [6.45, 7) is 13.0. The summed E-state index contributed by atoms with van der Waals surface area (Å²) in [5, 5.41) is 1.32. The lowest BCUT2D eigenvalue weighted by Gasteiger charge is -2.26. The third kappa shape index (κ3) is 4.37. The summed E-state index contributed by atoms with van der Waals surface area (Å²) in [4.78, 5) is 2.10. The third-order valence-electron chi connectivity index (χ3n) is 4.19. The predicted octanol–water partition coefficient (Wildman–Crippen LogP) is 4.65. The minimum Gasteiger partial charge on any atom is -0.411 e. The highest BCUT2D eigenvalue weighted by Gasteiger charge is 2.26. The Hall–Kier alpha value is -1.84. The Morgan fingerprint density at radius 1 is 0.917 bits per heavy atom. The van der Waals surface area contributed by atoms with Crippen LogP contribution in [0, 0.1) is 0 Å². The van der Waals surface area contributed by atoms with Gasteiger partial charge in [0.25, 0.3) is 0 Å². The maximum absolute atomic E-state index is 6.16. The third-order valence-corrected chi connectivity index (χ3v) is 6.98. The quantitative estimate of drug-likeness (QED) is 0.710. The van der Waals surface area contributed by atoms with Crippen molar-refractivity contribution in [3.63, 3.8) is 0 Å². The summed E-state index contributed by atoms with van der Waals surface area (Å²) in [5.41, 5.74) is 4.56. The standard InChI is InChI=1S/C21H29NOSi/c1-16(2)23-24(6,7)21-14-10-19(11-15-21)17(3)18-8-12-20(13-9-18)22(4)5/h8-16H,3H2,1-2,4-7H3. The average molecular weight is 340 g/mol. The maximum Gasteiger partial charge on any atom is 0.218 e. The van der Waals surface area contributed by atoms with Crippen molar-refractivity contribution < 1.29 is 4.43 Å². The lowest BCUT2D eigenvalue weighted by Crippen LogP contribution is -2.46. The molecule has 2 aromatic carbocycles. The first kappa shape index (κ1) is 18.5. The van der Waals surface area contributed by atoms with Crippen LogP contribution in [0.3, 0.4) is 0 Å². The molecule has 0 bridgehead atoms. The molecule has 0 aliphatic carbocycles. The minimum absolute atomic E-state index is 0.261. The van der Waals surface area contributed by atoms with E-state index in [4.69, 9.17) is 4.43 Å². The highest BCUT2D eigenvalue weighted by molar-refractivity contribution is 6.84. The van der Waals surface area contributed by atoms with Gasteiger partial charge in [0.05, 0.1) is 0 Å². The van der Waals surface area contributed by atoms with Gasteiger partial charge in [0.2, 0.25) is 8.32 Å². The van der Waals surface area contributed by atoms with Gasteiger partial charge in [-0.25, -0.2) is 0 Å². The van der Waals surface area contributed by atoms with E-state index >= 15 is 0 Å². The fourth-order valence-corrected chi connectivity index (χ4v) is 5.14. The molecule has 2 nitrogen and oxygen atoms in total. The van der Waals surface area contributed by atoms with Crippen molar-refractivity contribution in [1.82, 2.24) is 0 Å². The normalized spacial score (nSPS) is 11.6. The first-order valence-electron chi connectivity index (χ1n) is 8.46. The van der Waals surface area contributed by atoms with Crippen molar-refractivity contribution in [3.05, 3.63) is 66.2 Å². The van der Waals surface area contributed by atoms with Crippen molar-refractivity contribution in [1.29, 1.82) is 0 Å². The molecule has 0 radical (unpaired) electrons. The van der Waals surface area contributed by atoms with Crippen LogP contribution < -0.4 is 10.1 Å². The van der Waals surface area contributed by atoms with Gasteiger partial charge in [-0.1, -0.05) is 43.0 Å². The molecule has 0 heterocycles. The van der Waals surface area contributed by atoms with Crippen LogP contribution in [-0.4, -0.2) is 28.5 Å². The molecule has 0 N–H and O–H groups in total. The summed E-state index contributed by atoms with van der Waals surface area (Å²) >= 11 is 0. The largest absolute Gasteiger partial charge is 0.411 e. The van der Waals surface area contributed by atoms with Gasteiger partial charge in [0.1, 0.15) is 0 Å². The second-order valence-electron chi connectivity index (χ2n) is 7.17. The van der Waals surface area contributed by atoms with Gasteiger partial charge in [0.15, 0.2) is 0 Å². The van der Waals surface area contributed by atoms with Gasteiger partial charge < -0.3 is 9.33 Å². The van der Waals surface area contributed by atoms with E-state index < -0.39 is 8.32 Å². The molecule has 0 aliphatic heterocycles. The molecule has 0 saturated heterocycles. The van der Waals surface area contributed by atoms with Crippen molar-refractivity contribution in [2.45, 2.75) is 33.0 Å². The second kappa shape index (κ2) is 7.37. The van der Waals surface area contributed by atoms with Crippen molar-refractivity contribution in [3.8, 4) is 0 Å². The zero-order valence-electron chi connectivity index (χ0n) is 15.8. The Morgan fingerprint density at radius 2 is 1.38 bits per heavy atom. The Bertz CT molecular complexity index is 685. The molecule has 2 aromatic rings. The highest BCUT2D eigenvalue weighted by Crippen LogP contribution is 2.23. The van der Waals surface area contributed by atoms with Crippen LogP contribution in [0.2, 0.25) is 13.1 Å². The molecule has 128 valence electrons. The van der Waals surface area contributed by atoms with Gasteiger partial charge in [-0.2, -0.15) is 0 Å². The first-order valence-corrected chi connectivity index (χ1v) is 11.4. The number of rotatable bonds is 6. The highest BCUT2D eigenvalue weighted by atomic mass is 28.4. The molecule has 0 fully saturated rings. The Kier molecular flexibility index (Phi) is 5.68. The fraction of sp³-hybridized carbons (Fsp3) is 0.333. The van der Waals surface area contributed by atoms with E-state index in [0.29, 0.717) is 0 Å². The lowest BCUT2D eigenvalue weighted by atomic mass is 9.99. The topological polar surface area (TPSA) is 12.5 Å². The van der Waals surface area contributed by atoms with Crippen LogP contribution in [0.1, 0.15) is 25.0 Å². The Morgan fingerprint density at radius 3 is 1.79 bits per heavy atom. The van der Waals surface area contributed by atoms with Gasteiger partial charge in [-0.15, -0.1) is 0 Å². The smallest absolute Gasteiger partial charge is 0.218 e. The predicted molar refractivity (Wildman–Crippen MR) is 109 cm³/mol.